The molecule has 0 fully saturated rings. The van der Waals surface area contributed by atoms with E-state index in [1.54, 1.807) is 12.1 Å². The van der Waals surface area contributed by atoms with Crippen LogP contribution in [0.5, 0.6) is 5.75 Å². The molecule has 0 atom stereocenters. The number of rotatable bonds is 4. The van der Waals surface area contributed by atoms with Gasteiger partial charge in [-0.3, -0.25) is 10.1 Å². The lowest BCUT2D eigenvalue weighted by Gasteiger charge is -2.09. The molecule has 128 valence electrons. The Labute approximate surface area is 159 Å². The molecule has 1 amide bonds. The minimum absolute atomic E-state index is 0.124. The first kappa shape index (κ1) is 17.6. The van der Waals surface area contributed by atoms with E-state index >= 15 is 0 Å². The predicted molar refractivity (Wildman–Crippen MR) is 106 cm³/mol. The lowest BCUT2D eigenvalue weighted by molar-refractivity contribution is -0.121. The number of benzene rings is 2. The Morgan fingerprint density at radius 2 is 2.16 bits per heavy atom. The number of carbonyl (C=O) groups is 1. The van der Waals surface area contributed by atoms with Gasteiger partial charge in [-0.2, -0.15) is 0 Å². The first-order chi connectivity index (χ1) is 12.0. The Balaban J connectivity index is 1.53. The second-order valence-corrected chi connectivity index (χ2v) is 7.11. The maximum Gasteiger partial charge on any atom is 0.264 e. The summed E-state index contributed by atoms with van der Waals surface area (Å²) in [6.45, 7) is 1.83. The number of anilines is 1. The number of amides is 1. The summed E-state index contributed by atoms with van der Waals surface area (Å²) in [4.78, 5) is 16.3. The molecule has 25 heavy (non-hydrogen) atoms. The van der Waals surface area contributed by atoms with Gasteiger partial charge in [0.1, 0.15) is 5.75 Å². The molecular weight excluding hydrogens is 378 g/mol. The maximum absolute atomic E-state index is 11.9. The van der Waals surface area contributed by atoms with Gasteiger partial charge < -0.3 is 10.1 Å². The largest absolute Gasteiger partial charge is 0.484 e. The number of thiazole rings is 1. The molecule has 5 nitrogen and oxygen atoms in total. The Hall–Kier alpha value is -2.22. The molecule has 1 heterocycles. The third-order valence-electron chi connectivity index (χ3n) is 3.18. The van der Waals surface area contributed by atoms with E-state index in [0.717, 1.165) is 15.8 Å². The van der Waals surface area contributed by atoms with Crippen LogP contribution in [0.3, 0.4) is 0 Å². The van der Waals surface area contributed by atoms with Crippen molar-refractivity contribution in [3.8, 4) is 5.75 Å². The molecule has 3 aromatic rings. The molecule has 3 rings (SSSR count). The summed E-state index contributed by atoms with van der Waals surface area (Å²) in [7, 11) is 0. The highest BCUT2D eigenvalue weighted by atomic mass is 35.5. The Morgan fingerprint density at radius 1 is 1.32 bits per heavy atom. The van der Waals surface area contributed by atoms with Crippen LogP contribution < -0.4 is 15.4 Å². The van der Waals surface area contributed by atoms with Crippen molar-refractivity contribution in [3.63, 3.8) is 0 Å². The van der Waals surface area contributed by atoms with Gasteiger partial charge in [0.25, 0.3) is 5.91 Å². The molecule has 0 aliphatic rings. The molecule has 0 aliphatic carbocycles. The highest BCUT2D eigenvalue weighted by molar-refractivity contribution is 7.80. The maximum atomic E-state index is 11.9. The zero-order valence-corrected chi connectivity index (χ0v) is 15.6. The summed E-state index contributed by atoms with van der Waals surface area (Å²) < 4.78 is 6.37. The SMILES string of the molecule is Cc1cccc(OCC(=O)NC(=S)Nc2nc3ccc(Cl)cc3s2)c1. The fourth-order valence-corrected chi connectivity index (χ4v) is 3.52. The van der Waals surface area contributed by atoms with Gasteiger partial charge in [-0.1, -0.05) is 35.1 Å². The fourth-order valence-electron chi connectivity index (χ4n) is 2.10. The molecule has 0 radical (unpaired) electrons. The van der Waals surface area contributed by atoms with E-state index in [2.05, 4.69) is 15.6 Å². The minimum atomic E-state index is -0.344. The van der Waals surface area contributed by atoms with Crippen molar-refractivity contribution in [2.24, 2.45) is 0 Å². The van der Waals surface area contributed by atoms with Crippen LogP contribution in [0.1, 0.15) is 5.56 Å². The number of aryl methyl sites for hydroxylation is 1. The number of aromatic nitrogens is 1. The van der Waals surface area contributed by atoms with Crippen molar-refractivity contribution in [1.82, 2.24) is 10.3 Å². The highest BCUT2D eigenvalue weighted by Gasteiger charge is 2.09. The van der Waals surface area contributed by atoms with E-state index in [9.17, 15) is 4.79 Å². The number of hydrogen-bond donors (Lipinski definition) is 2. The summed E-state index contributed by atoms with van der Waals surface area (Å²) in [5.41, 5.74) is 1.87. The summed E-state index contributed by atoms with van der Waals surface area (Å²) in [6.07, 6.45) is 0. The van der Waals surface area contributed by atoms with Gasteiger partial charge >= 0.3 is 0 Å². The molecule has 2 N–H and O–H groups in total. The van der Waals surface area contributed by atoms with Gasteiger partial charge in [-0.25, -0.2) is 4.98 Å². The van der Waals surface area contributed by atoms with E-state index in [1.165, 1.54) is 11.3 Å². The van der Waals surface area contributed by atoms with Crippen molar-refractivity contribution in [1.29, 1.82) is 0 Å². The number of hydrogen-bond acceptors (Lipinski definition) is 5. The van der Waals surface area contributed by atoms with Crippen LogP contribution in [0.4, 0.5) is 5.13 Å². The number of carbonyl (C=O) groups excluding carboxylic acids is 1. The number of fused-ring (bicyclic) bond motifs is 1. The molecule has 0 spiro atoms. The average molecular weight is 392 g/mol. The lowest BCUT2D eigenvalue weighted by atomic mass is 10.2. The van der Waals surface area contributed by atoms with Gasteiger partial charge in [-0.05, 0) is 55.0 Å². The van der Waals surface area contributed by atoms with Gasteiger partial charge in [0.15, 0.2) is 16.9 Å². The Kier molecular flexibility index (Phi) is 5.47. The summed E-state index contributed by atoms with van der Waals surface area (Å²) >= 11 is 12.5. The zero-order chi connectivity index (χ0) is 17.8. The third kappa shape index (κ3) is 4.88. The van der Waals surface area contributed by atoms with Crippen LogP contribution in [0, 0.1) is 6.92 Å². The predicted octanol–water partition coefficient (Wildman–Crippen LogP) is 4.15. The van der Waals surface area contributed by atoms with Crippen LogP contribution in [0.15, 0.2) is 42.5 Å². The van der Waals surface area contributed by atoms with E-state index in [0.29, 0.717) is 15.9 Å². The van der Waals surface area contributed by atoms with Crippen LogP contribution in [-0.4, -0.2) is 22.6 Å². The van der Waals surface area contributed by atoms with Crippen LogP contribution >= 0.6 is 35.2 Å². The second-order valence-electron chi connectivity index (χ2n) is 5.24. The van der Waals surface area contributed by atoms with Gasteiger partial charge in [-0.15, -0.1) is 0 Å². The van der Waals surface area contributed by atoms with Crippen molar-refractivity contribution in [3.05, 3.63) is 53.1 Å². The zero-order valence-electron chi connectivity index (χ0n) is 13.2. The quantitative estimate of drug-likeness (QED) is 0.654. The Bertz CT molecular complexity index is 943. The fraction of sp³-hybridized carbons (Fsp3) is 0.118. The topological polar surface area (TPSA) is 63.2 Å². The van der Waals surface area contributed by atoms with E-state index in [1.807, 2.05) is 37.3 Å². The van der Waals surface area contributed by atoms with Crippen molar-refractivity contribution < 1.29 is 9.53 Å². The van der Waals surface area contributed by atoms with Crippen molar-refractivity contribution in [2.45, 2.75) is 6.92 Å². The first-order valence-corrected chi connectivity index (χ1v) is 8.96. The van der Waals surface area contributed by atoms with Gasteiger partial charge in [0.05, 0.1) is 10.2 Å². The number of halogens is 1. The molecule has 2 aromatic carbocycles. The normalized spacial score (nSPS) is 10.5. The molecule has 0 aliphatic heterocycles. The summed E-state index contributed by atoms with van der Waals surface area (Å²) in [6, 6.07) is 12.9. The first-order valence-electron chi connectivity index (χ1n) is 7.36. The number of nitrogens with zero attached hydrogens (tertiary/aromatic N) is 1. The van der Waals surface area contributed by atoms with Gasteiger partial charge in [0, 0.05) is 5.02 Å². The van der Waals surface area contributed by atoms with E-state index in [4.69, 9.17) is 28.6 Å². The second kappa shape index (κ2) is 7.77. The van der Waals surface area contributed by atoms with Crippen LogP contribution in [0.2, 0.25) is 5.02 Å². The standard InChI is InChI=1S/C17H14ClN3O2S2/c1-10-3-2-4-12(7-10)23-9-15(22)20-16(24)21-17-19-13-6-5-11(18)8-14(13)25-17/h2-8H,9H2,1H3,(H2,19,20,21,22,24). The highest BCUT2D eigenvalue weighted by Crippen LogP contribution is 2.28. The van der Waals surface area contributed by atoms with Crippen molar-refractivity contribution in [2.75, 3.05) is 11.9 Å². The summed E-state index contributed by atoms with van der Waals surface area (Å²) in [5, 5.41) is 6.86. The van der Waals surface area contributed by atoms with E-state index in [-0.39, 0.29) is 17.6 Å². The molecule has 1 aromatic heterocycles. The molecule has 0 unspecified atom stereocenters. The third-order valence-corrected chi connectivity index (χ3v) is 4.56. The molecule has 0 bridgehead atoms. The number of ether oxygens (including phenoxy) is 1. The van der Waals surface area contributed by atoms with E-state index < -0.39 is 0 Å². The van der Waals surface area contributed by atoms with Crippen LogP contribution in [0.25, 0.3) is 10.2 Å². The molecule has 0 saturated heterocycles. The lowest BCUT2D eigenvalue weighted by Crippen LogP contribution is -2.37. The number of nitrogens with one attached hydrogen (secondary N) is 2. The van der Waals surface area contributed by atoms with Crippen molar-refractivity contribution >= 4 is 61.5 Å². The minimum Gasteiger partial charge on any atom is -0.484 e. The smallest absolute Gasteiger partial charge is 0.264 e. The molecular formula is C17H14ClN3O2S2. The number of thiocarbonyl (C=S) groups is 1. The Morgan fingerprint density at radius 3 is 2.96 bits per heavy atom. The monoisotopic (exact) mass is 391 g/mol. The van der Waals surface area contributed by atoms with Gasteiger partial charge in [0.2, 0.25) is 0 Å². The average Bonchev–Trinajstić information content (AvgIpc) is 2.94. The molecule has 8 heteroatoms. The van der Waals surface area contributed by atoms with Crippen LogP contribution in [-0.2, 0) is 4.79 Å². The summed E-state index contributed by atoms with van der Waals surface area (Å²) in [5.74, 6) is 0.292. The molecule has 0 saturated carbocycles.